The maximum Gasteiger partial charge on any atom is 0.335 e. The smallest absolute Gasteiger partial charge is 0.335 e. The number of hydrogen-bond donors (Lipinski definition) is 1. The average Bonchev–Trinajstić information content (AvgIpc) is 2.79. The van der Waals surface area contributed by atoms with E-state index in [0.29, 0.717) is 18.3 Å². The molecular weight excluding hydrogens is 208 g/mol. The molecule has 1 aliphatic heterocycles. The van der Waals surface area contributed by atoms with Crippen LogP contribution < -0.4 is 4.74 Å². The Morgan fingerprint density at radius 2 is 2.44 bits per heavy atom. The van der Waals surface area contributed by atoms with Crippen LogP contribution in [-0.2, 0) is 4.74 Å². The van der Waals surface area contributed by atoms with E-state index in [2.05, 4.69) is 0 Å². The standard InChI is InChI=1S/C12H14O4/c13-12(14)10-2-1-3-11(6-10)16-8-9-4-5-15-7-9/h1-3,6,9H,4-5,7-8H2,(H,13,14)/t9-/m0/s1. The van der Waals surface area contributed by atoms with Crippen molar-refractivity contribution in [2.45, 2.75) is 6.42 Å². The van der Waals surface area contributed by atoms with Crippen LogP contribution in [0.3, 0.4) is 0 Å². The van der Waals surface area contributed by atoms with Crippen LogP contribution >= 0.6 is 0 Å². The monoisotopic (exact) mass is 222 g/mol. The van der Waals surface area contributed by atoms with Crippen molar-refractivity contribution in [3.05, 3.63) is 29.8 Å². The fourth-order valence-corrected chi connectivity index (χ4v) is 1.65. The molecule has 1 atom stereocenters. The predicted molar refractivity (Wildman–Crippen MR) is 57.8 cm³/mol. The third-order valence-electron chi connectivity index (χ3n) is 2.59. The van der Waals surface area contributed by atoms with Gasteiger partial charge in [0.05, 0.1) is 18.8 Å². The van der Waals surface area contributed by atoms with E-state index in [1.54, 1.807) is 18.2 Å². The molecule has 0 saturated carbocycles. The molecule has 2 rings (SSSR count). The SMILES string of the molecule is O=C(O)c1cccc(OC[C@H]2CCOC2)c1. The molecule has 4 nitrogen and oxygen atoms in total. The van der Waals surface area contributed by atoms with Crippen molar-refractivity contribution in [1.82, 2.24) is 0 Å². The van der Waals surface area contributed by atoms with Crippen molar-refractivity contribution >= 4 is 5.97 Å². The second-order valence-electron chi connectivity index (χ2n) is 3.87. The molecule has 86 valence electrons. The number of hydrogen-bond acceptors (Lipinski definition) is 3. The number of benzene rings is 1. The predicted octanol–water partition coefficient (Wildman–Crippen LogP) is 1.80. The van der Waals surface area contributed by atoms with Crippen LogP contribution in [0.5, 0.6) is 5.75 Å². The zero-order chi connectivity index (χ0) is 11.4. The Hall–Kier alpha value is -1.55. The maximum atomic E-state index is 10.7. The van der Waals surface area contributed by atoms with E-state index < -0.39 is 5.97 Å². The summed E-state index contributed by atoms with van der Waals surface area (Å²) in [6, 6.07) is 6.54. The lowest BCUT2D eigenvalue weighted by Gasteiger charge is -2.10. The molecule has 1 heterocycles. The quantitative estimate of drug-likeness (QED) is 0.844. The molecule has 1 saturated heterocycles. The lowest BCUT2D eigenvalue weighted by molar-refractivity contribution is 0.0696. The van der Waals surface area contributed by atoms with Crippen LogP contribution in [0.15, 0.2) is 24.3 Å². The Morgan fingerprint density at radius 3 is 3.12 bits per heavy atom. The van der Waals surface area contributed by atoms with Crippen LogP contribution in [0.25, 0.3) is 0 Å². The van der Waals surface area contributed by atoms with Gasteiger partial charge in [0.2, 0.25) is 0 Å². The third kappa shape index (κ3) is 2.73. The van der Waals surface area contributed by atoms with Crippen LogP contribution in [0.4, 0.5) is 0 Å². The highest BCUT2D eigenvalue weighted by atomic mass is 16.5. The van der Waals surface area contributed by atoms with E-state index in [9.17, 15) is 4.79 Å². The summed E-state index contributed by atoms with van der Waals surface area (Å²) < 4.78 is 10.8. The number of carboxylic acid groups (broad SMARTS) is 1. The summed E-state index contributed by atoms with van der Waals surface area (Å²) in [7, 11) is 0. The topological polar surface area (TPSA) is 55.8 Å². The summed E-state index contributed by atoms with van der Waals surface area (Å²) >= 11 is 0. The molecule has 0 amide bonds. The summed E-state index contributed by atoms with van der Waals surface area (Å²) in [4.78, 5) is 10.7. The lowest BCUT2D eigenvalue weighted by Crippen LogP contribution is -2.11. The van der Waals surface area contributed by atoms with Crippen LogP contribution in [0, 0.1) is 5.92 Å². The molecule has 1 aromatic rings. The van der Waals surface area contributed by atoms with E-state index >= 15 is 0 Å². The second-order valence-corrected chi connectivity index (χ2v) is 3.87. The van der Waals surface area contributed by atoms with Gasteiger partial charge >= 0.3 is 5.97 Å². The van der Waals surface area contributed by atoms with Crippen LogP contribution in [0.1, 0.15) is 16.8 Å². The summed E-state index contributed by atoms with van der Waals surface area (Å²) in [5, 5.41) is 8.81. The normalized spacial score (nSPS) is 19.6. The van der Waals surface area contributed by atoms with E-state index in [-0.39, 0.29) is 5.56 Å². The molecule has 1 fully saturated rings. The highest BCUT2D eigenvalue weighted by Crippen LogP contribution is 2.17. The summed E-state index contributed by atoms with van der Waals surface area (Å²) in [6.07, 6.45) is 1.01. The van der Waals surface area contributed by atoms with Crippen molar-refractivity contribution in [3.8, 4) is 5.75 Å². The van der Waals surface area contributed by atoms with Crippen LogP contribution in [-0.4, -0.2) is 30.9 Å². The Morgan fingerprint density at radius 1 is 1.56 bits per heavy atom. The van der Waals surface area contributed by atoms with Crippen LogP contribution in [0.2, 0.25) is 0 Å². The minimum atomic E-state index is -0.936. The maximum absolute atomic E-state index is 10.7. The molecule has 1 aromatic carbocycles. The van der Waals surface area contributed by atoms with Gasteiger partial charge < -0.3 is 14.6 Å². The first-order chi connectivity index (χ1) is 7.75. The number of carboxylic acids is 1. The van der Waals surface area contributed by atoms with Crippen molar-refractivity contribution in [1.29, 1.82) is 0 Å². The third-order valence-corrected chi connectivity index (χ3v) is 2.59. The van der Waals surface area contributed by atoms with Crippen molar-refractivity contribution in [2.24, 2.45) is 5.92 Å². The first kappa shape index (κ1) is 11.0. The number of carbonyl (C=O) groups is 1. The Balaban J connectivity index is 1.93. The summed E-state index contributed by atoms with van der Waals surface area (Å²) in [5.41, 5.74) is 0.250. The van der Waals surface area contributed by atoms with E-state index in [1.807, 2.05) is 0 Å². The Kier molecular flexibility index (Phi) is 3.41. The highest BCUT2D eigenvalue weighted by molar-refractivity contribution is 5.87. The number of ether oxygens (including phenoxy) is 2. The van der Waals surface area contributed by atoms with Crippen molar-refractivity contribution < 1.29 is 19.4 Å². The van der Waals surface area contributed by atoms with Gasteiger partial charge in [-0.2, -0.15) is 0 Å². The fourth-order valence-electron chi connectivity index (χ4n) is 1.65. The first-order valence-electron chi connectivity index (χ1n) is 5.29. The molecular formula is C12H14O4. The minimum absolute atomic E-state index is 0.250. The molecule has 0 spiro atoms. The molecule has 16 heavy (non-hydrogen) atoms. The van der Waals surface area contributed by atoms with Gasteiger partial charge in [-0.15, -0.1) is 0 Å². The van der Waals surface area contributed by atoms with E-state index in [0.717, 1.165) is 19.6 Å². The van der Waals surface area contributed by atoms with Gasteiger partial charge in [-0.3, -0.25) is 0 Å². The van der Waals surface area contributed by atoms with Gasteiger partial charge in [0, 0.05) is 12.5 Å². The summed E-state index contributed by atoms with van der Waals surface area (Å²) in [5.74, 6) is 0.0925. The van der Waals surface area contributed by atoms with E-state index in [1.165, 1.54) is 6.07 Å². The number of rotatable bonds is 4. The molecule has 1 N–H and O–H groups in total. The molecule has 0 bridgehead atoms. The average molecular weight is 222 g/mol. The molecule has 0 unspecified atom stereocenters. The Bertz CT molecular complexity index is 369. The molecule has 4 heteroatoms. The second kappa shape index (κ2) is 4.99. The lowest BCUT2D eigenvalue weighted by atomic mass is 10.1. The molecule has 0 radical (unpaired) electrons. The minimum Gasteiger partial charge on any atom is -0.493 e. The largest absolute Gasteiger partial charge is 0.493 e. The first-order valence-corrected chi connectivity index (χ1v) is 5.29. The molecule has 0 aliphatic carbocycles. The van der Waals surface area contributed by atoms with Gasteiger partial charge in [0.25, 0.3) is 0 Å². The van der Waals surface area contributed by atoms with Gasteiger partial charge in [-0.05, 0) is 24.6 Å². The van der Waals surface area contributed by atoms with Crippen molar-refractivity contribution in [3.63, 3.8) is 0 Å². The van der Waals surface area contributed by atoms with Gasteiger partial charge in [0.15, 0.2) is 0 Å². The zero-order valence-electron chi connectivity index (χ0n) is 8.89. The van der Waals surface area contributed by atoms with Gasteiger partial charge in [-0.25, -0.2) is 4.79 Å². The molecule has 0 aromatic heterocycles. The van der Waals surface area contributed by atoms with Gasteiger partial charge in [-0.1, -0.05) is 6.07 Å². The number of aromatic carboxylic acids is 1. The van der Waals surface area contributed by atoms with Gasteiger partial charge in [0.1, 0.15) is 5.75 Å². The van der Waals surface area contributed by atoms with Crippen molar-refractivity contribution in [2.75, 3.05) is 19.8 Å². The van der Waals surface area contributed by atoms with E-state index in [4.69, 9.17) is 14.6 Å². The molecule has 1 aliphatic rings. The fraction of sp³-hybridized carbons (Fsp3) is 0.417. The summed E-state index contributed by atoms with van der Waals surface area (Å²) in [6.45, 7) is 2.12. The highest BCUT2D eigenvalue weighted by Gasteiger charge is 2.16. The Labute approximate surface area is 93.8 Å². The zero-order valence-corrected chi connectivity index (χ0v) is 8.89.